The summed E-state index contributed by atoms with van der Waals surface area (Å²) in [7, 11) is 2.85. The number of benzene rings is 2. The van der Waals surface area contributed by atoms with Gasteiger partial charge in [-0.2, -0.15) is 0 Å². The first kappa shape index (κ1) is 21.3. The number of rotatable bonds is 5. The Morgan fingerprint density at radius 3 is 2.48 bits per heavy atom. The van der Waals surface area contributed by atoms with E-state index in [0.717, 1.165) is 10.0 Å². The van der Waals surface area contributed by atoms with Crippen LogP contribution in [0.4, 0.5) is 5.69 Å². The van der Waals surface area contributed by atoms with Gasteiger partial charge in [0.25, 0.3) is 5.91 Å². The Hall–Kier alpha value is -2.42. The molecule has 9 heteroatoms. The summed E-state index contributed by atoms with van der Waals surface area (Å²) in [6.07, 6.45) is 1.66. The largest absolute Gasteiger partial charge is 0.496 e. The molecule has 0 aromatic heterocycles. The molecule has 29 heavy (non-hydrogen) atoms. The first-order valence-electron chi connectivity index (χ1n) is 8.39. The second-order valence-electron chi connectivity index (χ2n) is 5.99. The van der Waals surface area contributed by atoms with Gasteiger partial charge in [0.2, 0.25) is 0 Å². The van der Waals surface area contributed by atoms with Crippen LogP contribution in [-0.4, -0.2) is 42.7 Å². The minimum atomic E-state index is -0.514. The fourth-order valence-electron chi connectivity index (χ4n) is 2.77. The van der Waals surface area contributed by atoms with Crippen molar-refractivity contribution in [2.24, 2.45) is 0 Å². The molecule has 0 atom stereocenters. The summed E-state index contributed by atoms with van der Waals surface area (Å²) in [6, 6.07) is 12.1. The van der Waals surface area contributed by atoms with Gasteiger partial charge in [-0.15, -0.1) is 0 Å². The van der Waals surface area contributed by atoms with Crippen LogP contribution in [0.15, 0.2) is 52.6 Å². The van der Waals surface area contributed by atoms with E-state index in [1.807, 2.05) is 6.07 Å². The molecule has 150 valence electrons. The molecule has 1 aliphatic rings. The van der Waals surface area contributed by atoms with E-state index >= 15 is 0 Å². The highest BCUT2D eigenvalue weighted by Crippen LogP contribution is 2.31. The SMILES string of the molecule is COC(=O)CN1C(=S)N(c2ccc(Cl)cc2)C(=O)/C1=C/c1ccc(OC)c(Br)c1. The average Bonchev–Trinajstić information content (AvgIpc) is 2.93. The molecule has 0 spiro atoms. The first-order chi connectivity index (χ1) is 13.8. The molecular formula is C20H16BrClN2O4S. The number of amides is 1. The van der Waals surface area contributed by atoms with Gasteiger partial charge in [-0.05, 0) is 76.2 Å². The lowest BCUT2D eigenvalue weighted by atomic mass is 10.1. The molecule has 0 aliphatic carbocycles. The maximum absolute atomic E-state index is 13.2. The molecule has 0 N–H and O–H groups in total. The Morgan fingerprint density at radius 1 is 1.21 bits per heavy atom. The van der Waals surface area contributed by atoms with E-state index in [4.69, 9.17) is 33.3 Å². The average molecular weight is 496 g/mol. The fraction of sp³-hybridized carbons (Fsp3) is 0.150. The number of carbonyl (C=O) groups excluding carboxylic acids is 2. The van der Waals surface area contributed by atoms with Crippen molar-refractivity contribution in [3.63, 3.8) is 0 Å². The monoisotopic (exact) mass is 494 g/mol. The van der Waals surface area contributed by atoms with E-state index in [0.29, 0.717) is 16.5 Å². The lowest BCUT2D eigenvalue weighted by Gasteiger charge is -2.19. The van der Waals surface area contributed by atoms with Gasteiger partial charge < -0.3 is 14.4 Å². The number of thiocarbonyl (C=S) groups is 1. The number of hydrogen-bond donors (Lipinski definition) is 0. The number of esters is 1. The number of anilines is 1. The summed E-state index contributed by atoms with van der Waals surface area (Å²) in [6.45, 7) is -0.186. The van der Waals surface area contributed by atoms with Gasteiger partial charge >= 0.3 is 5.97 Å². The summed E-state index contributed by atoms with van der Waals surface area (Å²) >= 11 is 14.9. The van der Waals surface area contributed by atoms with Gasteiger partial charge in [0.15, 0.2) is 5.11 Å². The van der Waals surface area contributed by atoms with E-state index in [-0.39, 0.29) is 23.3 Å². The van der Waals surface area contributed by atoms with Gasteiger partial charge in [-0.25, -0.2) is 0 Å². The third kappa shape index (κ3) is 4.44. The highest BCUT2D eigenvalue weighted by molar-refractivity contribution is 9.10. The van der Waals surface area contributed by atoms with Crippen molar-refractivity contribution in [1.82, 2.24) is 4.90 Å². The van der Waals surface area contributed by atoms with Crippen LogP contribution >= 0.6 is 39.7 Å². The van der Waals surface area contributed by atoms with Crippen LogP contribution in [0.3, 0.4) is 0 Å². The predicted molar refractivity (Wildman–Crippen MR) is 119 cm³/mol. The Kier molecular flexibility index (Phi) is 6.56. The van der Waals surface area contributed by atoms with Crippen molar-refractivity contribution in [3.05, 3.63) is 63.2 Å². The number of halogens is 2. The molecule has 0 unspecified atom stereocenters. The maximum Gasteiger partial charge on any atom is 0.325 e. The van der Waals surface area contributed by atoms with E-state index in [2.05, 4.69) is 15.9 Å². The predicted octanol–water partition coefficient (Wildman–Crippen LogP) is 4.26. The molecule has 1 heterocycles. The van der Waals surface area contributed by atoms with Gasteiger partial charge in [0.05, 0.1) is 24.4 Å². The van der Waals surface area contributed by atoms with Crippen molar-refractivity contribution < 1.29 is 19.1 Å². The minimum absolute atomic E-state index is 0.182. The smallest absolute Gasteiger partial charge is 0.325 e. The lowest BCUT2D eigenvalue weighted by molar-refractivity contribution is -0.140. The summed E-state index contributed by atoms with van der Waals surface area (Å²) in [5, 5.41) is 0.720. The number of ether oxygens (including phenoxy) is 2. The Balaban J connectivity index is 2.05. The highest BCUT2D eigenvalue weighted by Gasteiger charge is 2.40. The molecule has 1 fully saturated rings. The zero-order valence-corrected chi connectivity index (χ0v) is 18.7. The molecule has 0 saturated carbocycles. The molecule has 2 aromatic rings. The molecule has 1 amide bonds. The Labute approximate surface area is 186 Å². The summed E-state index contributed by atoms with van der Waals surface area (Å²) in [5.74, 6) is -0.206. The normalized spacial score (nSPS) is 15.2. The summed E-state index contributed by atoms with van der Waals surface area (Å²) in [5.41, 5.74) is 1.54. The number of nitrogens with zero attached hydrogens (tertiary/aromatic N) is 2. The van der Waals surface area contributed by atoms with Crippen molar-refractivity contribution in [2.75, 3.05) is 25.7 Å². The number of methoxy groups -OCH3 is 2. The molecule has 1 aliphatic heterocycles. The van der Waals surface area contributed by atoms with Crippen LogP contribution in [0.25, 0.3) is 6.08 Å². The fourth-order valence-corrected chi connectivity index (χ4v) is 3.81. The van der Waals surface area contributed by atoms with Crippen LogP contribution < -0.4 is 9.64 Å². The van der Waals surface area contributed by atoms with Crippen LogP contribution in [0.2, 0.25) is 5.02 Å². The van der Waals surface area contributed by atoms with Gasteiger partial charge in [-0.1, -0.05) is 17.7 Å². The zero-order valence-electron chi connectivity index (χ0n) is 15.5. The van der Waals surface area contributed by atoms with Crippen molar-refractivity contribution >= 4 is 68.5 Å². The van der Waals surface area contributed by atoms with Crippen molar-refractivity contribution in [1.29, 1.82) is 0 Å². The standard InChI is InChI=1S/C20H16BrClN2O4S/c1-27-17-8-3-12(9-15(17)21)10-16-19(26)24(14-6-4-13(22)5-7-14)20(29)23(16)11-18(25)28-2/h3-10H,11H2,1-2H3/b16-10-. The lowest BCUT2D eigenvalue weighted by Crippen LogP contribution is -2.35. The third-order valence-corrected chi connectivity index (χ3v) is 5.49. The Morgan fingerprint density at radius 2 is 1.90 bits per heavy atom. The topological polar surface area (TPSA) is 59.1 Å². The van der Waals surface area contributed by atoms with Gasteiger partial charge in [0.1, 0.15) is 18.0 Å². The number of carbonyl (C=O) groups is 2. The molecule has 1 saturated heterocycles. The maximum atomic E-state index is 13.2. The van der Waals surface area contributed by atoms with Crippen molar-refractivity contribution in [2.45, 2.75) is 0 Å². The van der Waals surface area contributed by atoms with Gasteiger partial charge in [-0.3, -0.25) is 14.5 Å². The minimum Gasteiger partial charge on any atom is -0.496 e. The number of hydrogen-bond acceptors (Lipinski definition) is 5. The Bertz CT molecular complexity index is 1010. The second-order valence-corrected chi connectivity index (χ2v) is 7.64. The summed E-state index contributed by atoms with van der Waals surface area (Å²) in [4.78, 5) is 27.9. The van der Waals surface area contributed by atoms with Gasteiger partial charge in [0, 0.05) is 5.02 Å². The molecule has 2 aromatic carbocycles. The summed E-state index contributed by atoms with van der Waals surface area (Å²) < 4.78 is 10.7. The molecule has 6 nitrogen and oxygen atoms in total. The molecule has 0 radical (unpaired) electrons. The van der Waals surface area contributed by atoms with E-state index < -0.39 is 5.97 Å². The van der Waals surface area contributed by atoms with Crippen LogP contribution in [-0.2, 0) is 14.3 Å². The quantitative estimate of drug-likeness (QED) is 0.351. The van der Waals surface area contributed by atoms with Crippen LogP contribution in [0.5, 0.6) is 5.75 Å². The molecule has 3 rings (SSSR count). The highest BCUT2D eigenvalue weighted by atomic mass is 79.9. The first-order valence-corrected chi connectivity index (χ1v) is 9.97. The van der Waals surface area contributed by atoms with E-state index in [1.54, 1.807) is 49.6 Å². The van der Waals surface area contributed by atoms with Crippen molar-refractivity contribution in [3.8, 4) is 5.75 Å². The van der Waals surface area contributed by atoms with Crippen LogP contribution in [0.1, 0.15) is 5.56 Å². The second kappa shape index (κ2) is 8.94. The molecular weight excluding hydrogens is 480 g/mol. The zero-order chi connectivity index (χ0) is 21.1. The van der Waals surface area contributed by atoms with Crippen LogP contribution in [0, 0.1) is 0 Å². The van der Waals surface area contributed by atoms with E-state index in [1.165, 1.54) is 16.9 Å². The molecule has 0 bridgehead atoms. The third-order valence-electron chi connectivity index (χ3n) is 4.21. The van der Waals surface area contributed by atoms with E-state index in [9.17, 15) is 9.59 Å².